The number of ether oxygens (including phenoxy) is 2. The molecule has 29 heavy (non-hydrogen) atoms. The van der Waals surface area contributed by atoms with E-state index in [0.717, 1.165) is 13.3 Å². The van der Waals surface area contributed by atoms with E-state index in [9.17, 15) is 24.0 Å². The van der Waals surface area contributed by atoms with Crippen molar-refractivity contribution in [2.45, 2.75) is 58.3 Å². The first-order chi connectivity index (χ1) is 13.7. The van der Waals surface area contributed by atoms with Crippen LogP contribution in [0.1, 0.15) is 52.4 Å². The quantitative estimate of drug-likeness (QED) is 0.0994. The number of unbranched alkanes of at least 4 members (excludes halogenated alkanes) is 2. The lowest BCUT2D eigenvalue weighted by Gasteiger charge is -2.28. The topological polar surface area (TPSA) is 141 Å². The van der Waals surface area contributed by atoms with Crippen LogP contribution in [0.5, 0.6) is 0 Å². The van der Waals surface area contributed by atoms with E-state index in [1.807, 2.05) is 6.92 Å². The minimum atomic E-state index is -2.80. The van der Waals surface area contributed by atoms with Crippen LogP contribution in [0.3, 0.4) is 0 Å². The average Bonchev–Trinajstić information content (AvgIpc) is 2.64. The van der Waals surface area contributed by atoms with Gasteiger partial charge in [-0.05, 0) is 6.42 Å². The molecule has 0 rings (SSSR count). The molecule has 11 nitrogen and oxygen atoms in total. The smallest absolute Gasteiger partial charge is 0.395 e. The Morgan fingerprint density at radius 1 is 0.793 bits per heavy atom. The standard InChI is InChI=1S/C16H22Cl2O11/c1-3-4-5-6-12(20)25-16(24-11(2)19,29-28-13(21)7-8-17)9-14(22)26-27-15(23)10-18/h3-10H2,1-2H3. The van der Waals surface area contributed by atoms with Crippen molar-refractivity contribution in [3.63, 3.8) is 0 Å². The largest absolute Gasteiger partial charge is 0.423 e. The van der Waals surface area contributed by atoms with Gasteiger partial charge in [-0.25, -0.2) is 24.2 Å². The molecule has 0 aromatic rings. The fourth-order valence-electron chi connectivity index (χ4n) is 1.67. The molecule has 0 heterocycles. The van der Waals surface area contributed by atoms with Gasteiger partial charge in [0.2, 0.25) is 0 Å². The van der Waals surface area contributed by atoms with E-state index in [-0.39, 0.29) is 18.7 Å². The van der Waals surface area contributed by atoms with Gasteiger partial charge in [-0.1, -0.05) is 24.7 Å². The molecule has 13 heteroatoms. The minimum Gasteiger partial charge on any atom is -0.395 e. The van der Waals surface area contributed by atoms with E-state index in [1.165, 1.54) is 0 Å². The first-order valence-corrected chi connectivity index (χ1v) is 9.57. The molecule has 1 unspecified atom stereocenters. The van der Waals surface area contributed by atoms with Crippen molar-refractivity contribution in [3.8, 4) is 0 Å². The Bertz CT molecular complexity index is 581. The minimum absolute atomic E-state index is 0.105. The molecule has 0 spiro atoms. The van der Waals surface area contributed by atoms with E-state index >= 15 is 0 Å². The zero-order valence-electron chi connectivity index (χ0n) is 15.9. The maximum atomic E-state index is 12.1. The van der Waals surface area contributed by atoms with E-state index in [2.05, 4.69) is 19.6 Å². The fourth-order valence-corrected chi connectivity index (χ4v) is 1.87. The summed E-state index contributed by atoms with van der Waals surface area (Å²) in [6, 6.07) is 0. The maximum absolute atomic E-state index is 12.1. The predicted octanol–water partition coefficient (Wildman–Crippen LogP) is 2.06. The van der Waals surface area contributed by atoms with E-state index in [1.54, 1.807) is 0 Å². The summed E-state index contributed by atoms with van der Waals surface area (Å²) in [6.07, 6.45) is 0.433. The van der Waals surface area contributed by atoms with Gasteiger partial charge in [-0.15, -0.1) is 23.2 Å². The number of alkyl halides is 2. The van der Waals surface area contributed by atoms with Crippen molar-refractivity contribution in [1.29, 1.82) is 0 Å². The van der Waals surface area contributed by atoms with Crippen LogP contribution in [0.25, 0.3) is 0 Å². The highest BCUT2D eigenvalue weighted by Gasteiger charge is 2.46. The number of carbonyl (C=O) groups is 5. The Labute approximate surface area is 176 Å². The van der Waals surface area contributed by atoms with E-state index in [4.69, 9.17) is 32.7 Å². The first kappa shape index (κ1) is 26.9. The molecule has 0 aromatic heterocycles. The van der Waals surface area contributed by atoms with Gasteiger partial charge in [0, 0.05) is 19.2 Å². The van der Waals surface area contributed by atoms with Gasteiger partial charge in [0.15, 0.2) is 6.42 Å². The van der Waals surface area contributed by atoms with Crippen molar-refractivity contribution >= 4 is 53.0 Å². The lowest BCUT2D eigenvalue weighted by atomic mass is 10.2. The van der Waals surface area contributed by atoms with Crippen molar-refractivity contribution < 1.29 is 53.0 Å². The monoisotopic (exact) mass is 460 g/mol. The Hall–Kier alpha value is -2.11. The molecule has 1 atom stereocenters. The highest BCUT2D eigenvalue weighted by Crippen LogP contribution is 2.24. The summed E-state index contributed by atoms with van der Waals surface area (Å²) < 4.78 is 9.71. The molecular weight excluding hydrogens is 439 g/mol. The SMILES string of the molecule is CCCCCC(=O)OC(CC(=O)OOC(=O)CCl)(OOC(=O)CCCl)OC(C)=O. The molecule has 166 valence electrons. The third-order valence-electron chi connectivity index (χ3n) is 2.81. The second kappa shape index (κ2) is 14.8. The number of hydrogen-bond donors (Lipinski definition) is 0. The summed E-state index contributed by atoms with van der Waals surface area (Å²) in [5, 5.41) is 0. The van der Waals surface area contributed by atoms with Crippen molar-refractivity contribution in [2.75, 3.05) is 11.8 Å². The molecular formula is C16H22Cl2O11. The third-order valence-corrected chi connectivity index (χ3v) is 3.22. The van der Waals surface area contributed by atoms with Crippen LogP contribution in [-0.4, -0.2) is 47.6 Å². The molecule has 0 aliphatic rings. The van der Waals surface area contributed by atoms with Crippen LogP contribution in [0, 0.1) is 0 Å². The number of rotatable bonds is 13. The van der Waals surface area contributed by atoms with Gasteiger partial charge in [-0.2, -0.15) is 0 Å². The van der Waals surface area contributed by atoms with Crippen molar-refractivity contribution in [1.82, 2.24) is 0 Å². The van der Waals surface area contributed by atoms with Crippen LogP contribution >= 0.6 is 23.2 Å². The number of esters is 2. The molecule has 0 radical (unpaired) electrons. The molecule has 0 aliphatic carbocycles. The molecule has 0 aromatic carbocycles. The zero-order valence-corrected chi connectivity index (χ0v) is 17.4. The van der Waals surface area contributed by atoms with Crippen LogP contribution in [0.15, 0.2) is 0 Å². The Balaban J connectivity index is 5.38. The van der Waals surface area contributed by atoms with E-state index in [0.29, 0.717) is 12.8 Å². The lowest BCUT2D eigenvalue weighted by molar-refractivity contribution is -0.463. The second-order valence-electron chi connectivity index (χ2n) is 5.41. The first-order valence-electron chi connectivity index (χ1n) is 8.50. The normalized spacial score (nSPS) is 12.3. The van der Waals surface area contributed by atoms with Gasteiger partial charge in [-0.3, -0.25) is 14.5 Å². The number of hydrogen-bond acceptors (Lipinski definition) is 11. The van der Waals surface area contributed by atoms with Gasteiger partial charge in [0.25, 0.3) is 0 Å². The van der Waals surface area contributed by atoms with Gasteiger partial charge < -0.3 is 9.47 Å². The summed E-state index contributed by atoms with van der Waals surface area (Å²) in [4.78, 5) is 75.2. The summed E-state index contributed by atoms with van der Waals surface area (Å²) in [6.45, 7) is 2.83. The molecule has 0 bridgehead atoms. The summed E-state index contributed by atoms with van der Waals surface area (Å²) in [5.41, 5.74) is 0. The van der Waals surface area contributed by atoms with E-state index < -0.39 is 48.1 Å². The molecule has 0 N–H and O–H groups in total. The molecule has 0 saturated carbocycles. The van der Waals surface area contributed by atoms with Crippen LogP contribution in [-0.2, 0) is 53.0 Å². The number of carbonyl (C=O) groups excluding carboxylic acids is 5. The summed E-state index contributed by atoms with van der Waals surface area (Å²) in [5.74, 6) is -8.95. The van der Waals surface area contributed by atoms with Crippen molar-refractivity contribution in [2.24, 2.45) is 0 Å². The highest BCUT2D eigenvalue weighted by atomic mass is 35.5. The average molecular weight is 461 g/mol. The van der Waals surface area contributed by atoms with Gasteiger partial charge >= 0.3 is 35.8 Å². The summed E-state index contributed by atoms with van der Waals surface area (Å²) in [7, 11) is 0. The molecule has 0 saturated heterocycles. The number of halogens is 2. The summed E-state index contributed by atoms with van der Waals surface area (Å²) >= 11 is 10.6. The maximum Gasteiger partial charge on any atom is 0.423 e. The second-order valence-corrected chi connectivity index (χ2v) is 6.05. The van der Waals surface area contributed by atoms with Gasteiger partial charge in [0.05, 0.1) is 6.42 Å². The Morgan fingerprint density at radius 2 is 1.45 bits per heavy atom. The Kier molecular flexibility index (Phi) is 13.7. The lowest BCUT2D eigenvalue weighted by Crippen LogP contribution is -2.45. The van der Waals surface area contributed by atoms with Crippen LogP contribution in [0.4, 0.5) is 0 Å². The molecule has 0 amide bonds. The molecule has 0 fully saturated rings. The fraction of sp³-hybridized carbons (Fsp3) is 0.688. The van der Waals surface area contributed by atoms with Crippen molar-refractivity contribution in [3.05, 3.63) is 0 Å². The third kappa shape index (κ3) is 12.9. The predicted molar refractivity (Wildman–Crippen MR) is 94.8 cm³/mol. The molecule has 0 aliphatic heterocycles. The van der Waals surface area contributed by atoms with Gasteiger partial charge in [0.1, 0.15) is 5.88 Å². The zero-order chi connectivity index (χ0) is 22.3. The van der Waals surface area contributed by atoms with Crippen LogP contribution in [0.2, 0.25) is 0 Å². The highest BCUT2D eigenvalue weighted by molar-refractivity contribution is 6.26. The van der Waals surface area contributed by atoms with Crippen LogP contribution < -0.4 is 0 Å². The Morgan fingerprint density at radius 3 is 2.00 bits per heavy atom.